The standard InChI is InChI=1S/C25H26N6O4.ClH/c1-33-21-11-17(4-5-20(21)30-25(32)35-14-16-3-2-8-27-12-16)19-13-31(18-6-9-34-10-7-18)24-22(19)23(26)28-15-29-24;/h2-5,8,11-13,15,18H,6-7,9-10,14H2,1H3,(H,30,32)(H2,26,28,29);1H. The maximum absolute atomic E-state index is 12.4. The lowest BCUT2D eigenvalue weighted by molar-refractivity contribution is 0.0706. The highest BCUT2D eigenvalue weighted by molar-refractivity contribution is 6.01. The molecule has 10 nitrogen and oxygen atoms in total. The molecule has 0 bridgehead atoms. The zero-order valence-corrected chi connectivity index (χ0v) is 20.5. The Labute approximate surface area is 214 Å². The van der Waals surface area contributed by atoms with Crippen molar-refractivity contribution < 1.29 is 19.0 Å². The fraction of sp³-hybridized carbons (Fsp3) is 0.280. The number of hydrogen-bond donors (Lipinski definition) is 2. The van der Waals surface area contributed by atoms with Crippen molar-refractivity contribution in [2.24, 2.45) is 0 Å². The molecule has 5 rings (SSSR count). The van der Waals surface area contributed by atoms with Gasteiger partial charge in [-0.15, -0.1) is 12.4 Å². The number of anilines is 2. The summed E-state index contributed by atoms with van der Waals surface area (Å²) < 4.78 is 18.6. The summed E-state index contributed by atoms with van der Waals surface area (Å²) in [6.45, 7) is 1.54. The number of methoxy groups -OCH3 is 1. The number of benzene rings is 1. The SMILES string of the molecule is COc1cc(-c2cn(C3CCOCC3)c3ncnc(N)c23)ccc1NC(=O)OCc1cccnc1.Cl. The van der Waals surface area contributed by atoms with Crippen LogP contribution in [0, 0.1) is 0 Å². The number of carbonyl (C=O) groups excluding carboxylic acids is 1. The van der Waals surface area contributed by atoms with Crippen LogP contribution in [0.15, 0.2) is 55.2 Å². The predicted molar refractivity (Wildman–Crippen MR) is 138 cm³/mol. The number of hydrogen-bond acceptors (Lipinski definition) is 8. The van der Waals surface area contributed by atoms with Crippen molar-refractivity contribution in [3.63, 3.8) is 0 Å². The van der Waals surface area contributed by atoms with E-state index in [-0.39, 0.29) is 25.1 Å². The highest BCUT2D eigenvalue weighted by atomic mass is 35.5. The minimum absolute atomic E-state index is 0. The number of rotatable bonds is 6. The summed E-state index contributed by atoms with van der Waals surface area (Å²) in [5.74, 6) is 0.902. The van der Waals surface area contributed by atoms with Crippen LogP contribution in [0.5, 0.6) is 5.75 Å². The molecular formula is C25H27ClN6O4. The maximum atomic E-state index is 12.4. The summed E-state index contributed by atoms with van der Waals surface area (Å²) in [6.07, 6.45) is 8.08. The second-order valence-corrected chi connectivity index (χ2v) is 8.23. The summed E-state index contributed by atoms with van der Waals surface area (Å²) in [6, 6.07) is 9.42. The molecule has 1 amide bonds. The molecule has 4 aromatic rings. The normalized spacial score (nSPS) is 13.7. The number of amides is 1. The van der Waals surface area contributed by atoms with Gasteiger partial charge in [0.15, 0.2) is 0 Å². The average molecular weight is 511 g/mol. The van der Waals surface area contributed by atoms with E-state index in [0.717, 1.165) is 40.6 Å². The molecule has 0 atom stereocenters. The third kappa shape index (κ3) is 5.19. The van der Waals surface area contributed by atoms with E-state index in [0.29, 0.717) is 30.5 Å². The van der Waals surface area contributed by atoms with Gasteiger partial charge in [-0.05, 0) is 36.6 Å². The van der Waals surface area contributed by atoms with Crippen LogP contribution in [-0.4, -0.2) is 45.9 Å². The summed E-state index contributed by atoms with van der Waals surface area (Å²) >= 11 is 0. The number of fused-ring (bicyclic) bond motifs is 1. The molecular weight excluding hydrogens is 484 g/mol. The first-order chi connectivity index (χ1) is 17.1. The number of carbonyl (C=O) groups is 1. The number of halogens is 1. The second-order valence-electron chi connectivity index (χ2n) is 8.23. The number of ether oxygens (including phenoxy) is 3. The molecule has 4 heterocycles. The summed E-state index contributed by atoms with van der Waals surface area (Å²) in [5.41, 5.74) is 10.1. The number of nitrogens with zero attached hydrogens (tertiary/aromatic N) is 4. The van der Waals surface area contributed by atoms with E-state index in [9.17, 15) is 4.79 Å². The van der Waals surface area contributed by atoms with Crippen LogP contribution in [0.3, 0.4) is 0 Å². The molecule has 1 saturated heterocycles. The van der Waals surface area contributed by atoms with Crippen molar-refractivity contribution in [2.75, 3.05) is 31.4 Å². The average Bonchev–Trinajstić information content (AvgIpc) is 3.30. The first kappa shape index (κ1) is 25.2. The zero-order chi connectivity index (χ0) is 24.2. The zero-order valence-electron chi connectivity index (χ0n) is 19.7. The topological polar surface area (TPSA) is 126 Å². The first-order valence-electron chi connectivity index (χ1n) is 11.3. The van der Waals surface area contributed by atoms with Gasteiger partial charge in [-0.1, -0.05) is 12.1 Å². The number of nitrogens with one attached hydrogen (secondary N) is 1. The van der Waals surface area contributed by atoms with Gasteiger partial charge in [0.2, 0.25) is 0 Å². The van der Waals surface area contributed by atoms with Crippen LogP contribution < -0.4 is 15.8 Å². The van der Waals surface area contributed by atoms with Gasteiger partial charge >= 0.3 is 6.09 Å². The Kier molecular flexibility index (Phi) is 7.87. The smallest absolute Gasteiger partial charge is 0.412 e. The maximum Gasteiger partial charge on any atom is 0.412 e. The largest absolute Gasteiger partial charge is 0.495 e. The first-order valence-corrected chi connectivity index (χ1v) is 11.3. The molecule has 0 unspecified atom stereocenters. The van der Waals surface area contributed by atoms with Gasteiger partial charge in [-0.2, -0.15) is 0 Å². The third-order valence-electron chi connectivity index (χ3n) is 6.06. The molecule has 11 heteroatoms. The van der Waals surface area contributed by atoms with Gasteiger partial charge in [0, 0.05) is 49.0 Å². The molecule has 0 radical (unpaired) electrons. The molecule has 3 aromatic heterocycles. The molecule has 3 N–H and O–H groups in total. The second kappa shape index (κ2) is 11.2. The molecule has 0 saturated carbocycles. The van der Waals surface area contributed by atoms with Crippen LogP contribution >= 0.6 is 12.4 Å². The van der Waals surface area contributed by atoms with Crippen molar-refractivity contribution in [3.05, 3.63) is 60.8 Å². The monoisotopic (exact) mass is 510 g/mol. The van der Waals surface area contributed by atoms with Gasteiger partial charge in [-0.25, -0.2) is 14.8 Å². The number of nitrogen functional groups attached to an aromatic ring is 1. The Morgan fingerprint density at radius 1 is 1.25 bits per heavy atom. The lowest BCUT2D eigenvalue weighted by atomic mass is 10.0. The Morgan fingerprint density at radius 2 is 2.08 bits per heavy atom. The van der Waals surface area contributed by atoms with E-state index in [4.69, 9.17) is 19.9 Å². The lowest BCUT2D eigenvalue weighted by Crippen LogP contribution is -2.19. The van der Waals surface area contributed by atoms with E-state index in [2.05, 4.69) is 31.0 Å². The number of nitrogens with two attached hydrogens (primary N) is 1. The van der Waals surface area contributed by atoms with Crippen molar-refractivity contribution >= 4 is 41.0 Å². The fourth-order valence-corrected chi connectivity index (χ4v) is 4.31. The molecule has 188 valence electrons. The van der Waals surface area contributed by atoms with Crippen molar-refractivity contribution in [1.82, 2.24) is 19.5 Å². The minimum Gasteiger partial charge on any atom is -0.495 e. The van der Waals surface area contributed by atoms with Gasteiger partial charge < -0.3 is 24.5 Å². The Balaban J connectivity index is 0.00000304. The van der Waals surface area contributed by atoms with Crippen LogP contribution in [-0.2, 0) is 16.1 Å². The van der Waals surface area contributed by atoms with Crippen molar-refractivity contribution in [1.29, 1.82) is 0 Å². The fourth-order valence-electron chi connectivity index (χ4n) is 4.31. The third-order valence-corrected chi connectivity index (χ3v) is 6.06. The molecule has 1 aromatic carbocycles. The van der Waals surface area contributed by atoms with Gasteiger partial charge in [0.1, 0.15) is 30.1 Å². The molecule has 36 heavy (non-hydrogen) atoms. The van der Waals surface area contributed by atoms with Crippen LogP contribution in [0.25, 0.3) is 22.2 Å². The number of pyridine rings is 1. The highest BCUT2D eigenvalue weighted by Crippen LogP contribution is 2.39. The van der Waals surface area contributed by atoms with Crippen LogP contribution in [0.4, 0.5) is 16.3 Å². The summed E-state index contributed by atoms with van der Waals surface area (Å²) in [5, 5.41) is 3.53. The molecule has 1 fully saturated rings. The lowest BCUT2D eigenvalue weighted by Gasteiger charge is -2.24. The summed E-state index contributed by atoms with van der Waals surface area (Å²) in [4.78, 5) is 25.1. The molecule has 1 aliphatic heterocycles. The Bertz CT molecular complexity index is 1340. The van der Waals surface area contributed by atoms with E-state index >= 15 is 0 Å². The number of aromatic nitrogens is 4. The Morgan fingerprint density at radius 3 is 2.83 bits per heavy atom. The van der Waals surface area contributed by atoms with Gasteiger partial charge in [0.05, 0.1) is 18.2 Å². The van der Waals surface area contributed by atoms with Crippen molar-refractivity contribution in [2.45, 2.75) is 25.5 Å². The molecule has 0 spiro atoms. The van der Waals surface area contributed by atoms with E-state index in [1.54, 1.807) is 31.6 Å². The molecule has 0 aliphatic carbocycles. The minimum atomic E-state index is -0.589. The van der Waals surface area contributed by atoms with E-state index in [1.165, 1.54) is 6.33 Å². The molecule has 1 aliphatic rings. The predicted octanol–water partition coefficient (Wildman–Crippen LogP) is 4.61. The van der Waals surface area contributed by atoms with Crippen LogP contribution in [0.1, 0.15) is 24.4 Å². The van der Waals surface area contributed by atoms with E-state index in [1.807, 2.05) is 18.2 Å². The van der Waals surface area contributed by atoms with Gasteiger partial charge in [-0.3, -0.25) is 10.3 Å². The van der Waals surface area contributed by atoms with E-state index < -0.39 is 6.09 Å². The highest BCUT2D eigenvalue weighted by Gasteiger charge is 2.23. The van der Waals surface area contributed by atoms with Crippen molar-refractivity contribution in [3.8, 4) is 16.9 Å². The summed E-state index contributed by atoms with van der Waals surface area (Å²) in [7, 11) is 1.55. The van der Waals surface area contributed by atoms with Crippen LogP contribution in [0.2, 0.25) is 0 Å². The Hall–Kier alpha value is -3.89. The van der Waals surface area contributed by atoms with Gasteiger partial charge in [0.25, 0.3) is 0 Å². The quantitative estimate of drug-likeness (QED) is 0.385.